The number of rotatable bonds is 2. The van der Waals surface area contributed by atoms with Gasteiger partial charge in [0.05, 0.1) is 12.2 Å². The van der Waals surface area contributed by atoms with E-state index in [-0.39, 0.29) is 11.8 Å². The molecule has 1 aromatic heterocycles. The highest BCUT2D eigenvalue weighted by atomic mass is 16.4. The molecular formula is C12H16O3. The molecule has 0 amide bonds. The van der Waals surface area contributed by atoms with Crippen molar-refractivity contribution < 1.29 is 14.3 Å². The maximum absolute atomic E-state index is 11.0. The summed E-state index contributed by atoms with van der Waals surface area (Å²) in [6.45, 7) is 3.87. The van der Waals surface area contributed by atoms with Gasteiger partial charge in [-0.2, -0.15) is 0 Å². The summed E-state index contributed by atoms with van der Waals surface area (Å²) in [5.74, 6) is 0.195. The van der Waals surface area contributed by atoms with Gasteiger partial charge in [-0.05, 0) is 30.4 Å². The van der Waals surface area contributed by atoms with Crippen molar-refractivity contribution in [2.75, 3.05) is 0 Å². The van der Waals surface area contributed by atoms with E-state index < -0.39 is 5.97 Å². The number of hydrogen-bond acceptors (Lipinski definition) is 2. The molecule has 3 unspecified atom stereocenters. The topological polar surface area (TPSA) is 50.4 Å². The standard InChI is InChI=1S/C12H16O3/c1-7-3-4-9-5-6-15-11(9)10(7)8(2)12(13)14/h5-8,10H,3-4H2,1-2H3,(H,13,14). The molecule has 3 nitrogen and oxygen atoms in total. The third-order valence-electron chi connectivity index (χ3n) is 3.49. The van der Waals surface area contributed by atoms with Crippen LogP contribution in [0.2, 0.25) is 0 Å². The molecule has 0 bridgehead atoms. The average Bonchev–Trinajstić information content (AvgIpc) is 2.64. The molecule has 0 aromatic carbocycles. The Bertz CT molecular complexity index is 367. The van der Waals surface area contributed by atoms with Crippen molar-refractivity contribution in [3.05, 3.63) is 23.7 Å². The van der Waals surface area contributed by atoms with Crippen LogP contribution in [-0.4, -0.2) is 11.1 Å². The molecule has 3 heteroatoms. The fourth-order valence-electron chi connectivity index (χ4n) is 2.54. The van der Waals surface area contributed by atoms with Gasteiger partial charge in [-0.1, -0.05) is 13.8 Å². The van der Waals surface area contributed by atoms with Crippen LogP contribution in [0.25, 0.3) is 0 Å². The number of carboxylic acid groups (broad SMARTS) is 1. The Hall–Kier alpha value is -1.25. The summed E-state index contributed by atoms with van der Waals surface area (Å²) in [7, 11) is 0. The number of carbonyl (C=O) groups is 1. The van der Waals surface area contributed by atoms with Crippen molar-refractivity contribution >= 4 is 5.97 Å². The maximum Gasteiger partial charge on any atom is 0.306 e. The van der Waals surface area contributed by atoms with E-state index >= 15 is 0 Å². The van der Waals surface area contributed by atoms with Crippen molar-refractivity contribution in [1.29, 1.82) is 0 Å². The van der Waals surface area contributed by atoms with Gasteiger partial charge in [0.2, 0.25) is 0 Å². The number of carboxylic acids is 1. The molecule has 82 valence electrons. The first-order valence-corrected chi connectivity index (χ1v) is 5.40. The molecule has 0 radical (unpaired) electrons. The lowest BCUT2D eigenvalue weighted by Gasteiger charge is -2.30. The molecule has 1 heterocycles. The zero-order valence-electron chi connectivity index (χ0n) is 9.06. The van der Waals surface area contributed by atoms with Crippen LogP contribution in [0.3, 0.4) is 0 Å². The molecule has 0 aliphatic heterocycles. The van der Waals surface area contributed by atoms with Crippen LogP contribution in [0.15, 0.2) is 16.7 Å². The van der Waals surface area contributed by atoms with Crippen LogP contribution in [0, 0.1) is 11.8 Å². The Balaban J connectivity index is 2.35. The predicted octanol–water partition coefficient (Wildman–Crippen LogP) is 2.67. The monoisotopic (exact) mass is 208 g/mol. The minimum Gasteiger partial charge on any atom is -0.481 e. The average molecular weight is 208 g/mol. The summed E-state index contributed by atoms with van der Waals surface area (Å²) in [4.78, 5) is 11.0. The van der Waals surface area contributed by atoms with Crippen LogP contribution in [0.5, 0.6) is 0 Å². The number of hydrogen-bond donors (Lipinski definition) is 1. The van der Waals surface area contributed by atoms with Gasteiger partial charge in [-0.15, -0.1) is 0 Å². The Kier molecular flexibility index (Phi) is 2.55. The first-order chi connectivity index (χ1) is 7.11. The molecule has 0 saturated heterocycles. The van der Waals surface area contributed by atoms with Crippen molar-refractivity contribution in [3.8, 4) is 0 Å². The quantitative estimate of drug-likeness (QED) is 0.812. The van der Waals surface area contributed by atoms with E-state index in [9.17, 15) is 4.79 Å². The molecular weight excluding hydrogens is 192 g/mol. The zero-order valence-corrected chi connectivity index (χ0v) is 9.06. The molecule has 2 rings (SSSR count). The highest BCUT2D eigenvalue weighted by molar-refractivity contribution is 5.71. The van der Waals surface area contributed by atoms with E-state index in [1.165, 1.54) is 5.56 Å². The Morgan fingerprint density at radius 3 is 3.07 bits per heavy atom. The molecule has 1 aromatic rings. The Labute approximate surface area is 89.1 Å². The van der Waals surface area contributed by atoms with E-state index in [1.807, 2.05) is 6.07 Å². The van der Waals surface area contributed by atoms with E-state index in [0.717, 1.165) is 18.6 Å². The van der Waals surface area contributed by atoms with Crippen molar-refractivity contribution in [1.82, 2.24) is 0 Å². The lowest BCUT2D eigenvalue weighted by Crippen LogP contribution is -2.27. The molecule has 1 N–H and O–H groups in total. The van der Waals surface area contributed by atoms with E-state index in [1.54, 1.807) is 13.2 Å². The second-order valence-electron chi connectivity index (χ2n) is 4.48. The smallest absolute Gasteiger partial charge is 0.306 e. The highest BCUT2D eigenvalue weighted by Crippen LogP contribution is 2.41. The summed E-state index contributed by atoms with van der Waals surface area (Å²) >= 11 is 0. The third kappa shape index (κ3) is 1.66. The summed E-state index contributed by atoms with van der Waals surface area (Å²) in [6.07, 6.45) is 3.73. The van der Waals surface area contributed by atoms with Crippen molar-refractivity contribution in [2.24, 2.45) is 11.8 Å². The first-order valence-electron chi connectivity index (χ1n) is 5.40. The molecule has 1 aliphatic rings. The zero-order chi connectivity index (χ0) is 11.0. The minimum atomic E-state index is -0.740. The van der Waals surface area contributed by atoms with Gasteiger partial charge in [0.25, 0.3) is 0 Å². The van der Waals surface area contributed by atoms with E-state index in [4.69, 9.17) is 9.52 Å². The molecule has 0 spiro atoms. The van der Waals surface area contributed by atoms with Gasteiger partial charge < -0.3 is 9.52 Å². The van der Waals surface area contributed by atoms with Gasteiger partial charge in [0.1, 0.15) is 5.76 Å². The van der Waals surface area contributed by atoms with Gasteiger partial charge in [-0.3, -0.25) is 4.79 Å². The van der Waals surface area contributed by atoms with Crippen LogP contribution >= 0.6 is 0 Å². The molecule has 3 atom stereocenters. The number of furan rings is 1. The first kappa shape index (κ1) is 10.3. The lowest BCUT2D eigenvalue weighted by atomic mass is 9.74. The third-order valence-corrected chi connectivity index (χ3v) is 3.49. The number of aliphatic carboxylic acids is 1. The van der Waals surface area contributed by atoms with Gasteiger partial charge in [0, 0.05) is 5.92 Å². The second kappa shape index (κ2) is 3.72. The van der Waals surface area contributed by atoms with E-state index in [0.29, 0.717) is 5.92 Å². The number of fused-ring (bicyclic) bond motifs is 1. The highest BCUT2D eigenvalue weighted by Gasteiger charge is 2.36. The predicted molar refractivity (Wildman–Crippen MR) is 55.7 cm³/mol. The largest absolute Gasteiger partial charge is 0.481 e. The summed E-state index contributed by atoms with van der Waals surface area (Å²) < 4.78 is 5.45. The van der Waals surface area contributed by atoms with Crippen LogP contribution in [0.1, 0.15) is 37.5 Å². The number of aryl methyl sites for hydroxylation is 1. The molecule has 0 fully saturated rings. The summed E-state index contributed by atoms with van der Waals surface area (Å²) in [6, 6.07) is 1.96. The van der Waals surface area contributed by atoms with Crippen molar-refractivity contribution in [3.63, 3.8) is 0 Å². The van der Waals surface area contributed by atoms with Gasteiger partial charge in [-0.25, -0.2) is 0 Å². The van der Waals surface area contributed by atoms with Crippen LogP contribution < -0.4 is 0 Å². The van der Waals surface area contributed by atoms with Gasteiger partial charge >= 0.3 is 5.97 Å². The van der Waals surface area contributed by atoms with E-state index in [2.05, 4.69) is 6.92 Å². The SMILES string of the molecule is CC1CCc2ccoc2C1C(C)C(=O)O. The molecule has 1 aliphatic carbocycles. The maximum atomic E-state index is 11.0. The van der Waals surface area contributed by atoms with Crippen molar-refractivity contribution in [2.45, 2.75) is 32.6 Å². The Morgan fingerprint density at radius 2 is 2.40 bits per heavy atom. The van der Waals surface area contributed by atoms with Crippen LogP contribution in [-0.2, 0) is 11.2 Å². The van der Waals surface area contributed by atoms with Crippen LogP contribution in [0.4, 0.5) is 0 Å². The molecule has 0 saturated carbocycles. The second-order valence-corrected chi connectivity index (χ2v) is 4.48. The summed E-state index contributed by atoms with van der Waals surface area (Å²) in [5.41, 5.74) is 1.19. The normalized spacial score (nSPS) is 27.1. The lowest BCUT2D eigenvalue weighted by molar-refractivity contribution is -0.142. The molecule has 15 heavy (non-hydrogen) atoms. The fraction of sp³-hybridized carbons (Fsp3) is 0.583. The fourth-order valence-corrected chi connectivity index (χ4v) is 2.54. The minimum absolute atomic E-state index is 0.0289. The summed E-state index contributed by atoms with van der Waals surface area (Å²) in [5, 5.41) is 9.07. The van der Waals surface area contributed by atoms with Gasteiger partial charge in [0.15, 0.2) is 0 Å². The Morgan fingerprint density at radius 1 is 1.67 bits per heavy atom.